The number of pyridine rings is 1. The summed E-state index contributed by atoms with van der Waals surface area (Å²) < 4.78 is 24.5. The van der Waals surface area contributed by atoms with Gasteiger partial charge in [-0.25, -0.2) is 8.42 Å². The fourth-order valence-corrected chi connectivity index (χ4v) is 1.57. The third kappa shape index (κ3) is 2.86. The Morgan fingerprint density at radius 1 is 1.62 bits per heavy atom. The van der Waals surface area contributed by atoms with Gasteiger partial charge in [0.25, 0.3) is 0 Å². The van der Waals surface area contributed by atoms with Crippen LogP contribution in [0.1, 0.15) is 5.56 Å². The van der Waals surface area contributed by atoms with Gasteiger partial charge >= 0.3 is 0 Å². The van der Waals surface area contributed by atoms with Crippen LogP contribution in [-0.4, -0.2) is 18.6 Å². The molecule has 0 fully saturated rings. The van der Waals surface area contributed by atoms with E-state index in [1.165, 1.54) is 6.20 Å². The number of nitrogens with zero attached hydrogens (tertiary/aromatic N) is 1. The van der Waals surface area contributed by atoms with Crippen LogP contribution in [0.2, 0.25) is 0 Å². The predicted molar refractivity (Wildman–Crippen MR) is 52.2 cm³/mol. The van der Waals surface area contributed by atoms with Gasteiger partial charge in [0.1, 0.15) is 5.21 Å². The van der Waals surface area contributed by atoms with Gasteiger partial charge in [0.15, 0.2) is 0 Å². The highest BCUT2D eigenvalue weighted by Gasteiger charge is 2.08. The van der Waals surface area contributed by atoms with Gasteiger partial charge < -0.3 is 0 Å². The molecule has 0 bridgehead atoms. The average Bonchev–Trinajstić information content (AvgIpc) is 2.09. The number of hydrogen-bond donors (Lipinski definition) is 1. The Hall–Kier alpha value is -0.810. The van der Waals surface area contributed by atoms with Crippen LogP contribution in [0.25, 0.3) is 0 Å². The van der Waals surface area contributed by atoms with Gasteiger partial charge in [0, 0.05) is 12.4 Å². The van der Waals surface area contributed by atoms with E-state index in [1.54, 1.807) is 19.2 Å². The van der Waals surface area contributed by atoms with Crippen molar-refractivity contribution >= 4 is 27.3 Å². The van der Waals surface area contributed by atoms with Gasteiger partial charge in [-0.2, -0.15) is 0 Å². The van der Waals surface area contributed by atoms with E-state index in [9.17, 15) is 8.42 Å². The number of hydrogen-bond acceptors (Lipinski definition) is 3. The normalized spacial score (nSPS) is 11.2. The Morgan fingerprint density at radius 2 is 2.31 bits per heavy atom. The van der Waals surface area contributed by atoms with Gasteiger partial charge in [-0.1, -0.05) is 0 Å². The molecule has 0 saturated heterocycles. The predicted octanol–water partition coefficient (Wildman–Crippen LogP) is 1.33. The van der Waals surface area contributed by atoms with E-state index in [-0.39, 0.29) is 0 Å². The number of nitrogens with one attached hydrogen (secondary N) is 1. The van der Waals surface area contributed by atoms with E-state index >= 15 is 0 Å². The van der Waals surface area contributed by atoms with Crippen LogP contribution in [-0.2, 0) is 10.0 Å². The maximum atomic E-state index is 11.1. The minimum Gasteiger partial charge on any atom is -0.282 e. The molecule has 0 aliphatic rings. The van der Waals surface area contributed by atoms with Crippen molar-refractivity contribution in [2.75, 3.05) is 9.93 Å². The minimum atomic E-state index is -3.41. The van der Waals surface area contributed by atoms with Crippen molar-refractivity contribution in [3.05, 3.63) is 24.0 Å². The van der Waals surface area contributed by atoms with E-state index in [1.807, 2.05) is 0 Å². The van der Waals surface area contributed by atoms with Crippen LogP contribution in [0.5, 0.6) is 0 Å². The van der Waals surface area contributed by atoms with Crippen molar-refractivity contribution in [1.29, 1.82) is 0 Å². The van der Waals surface area contributed by atoms with E-state index in [0.29, 0.717) is 5.69 Å². The van der Waals surface area contributed by atoms with Crippen LogP contribution < -0.4 is 4.72 Å². The molecule has 6 heteroatoms. The molecule has 0 amide bonds. The van der Waals surface area contributed by atoms with Crippen molar-refractivity contribution in [1.82, 2.24) is 4.98 Å². The molecule has 0 aliphatic carbocycles. The zero-order chi connectivity index (χ0) is 9.90. The number of sulfonamides is 1. The molecule has 0 spiro atoms. The monoisotopic (exact) mass is 220 g/mol. The molecule has 13 heavy (non-hydrogen) atoms. The summed E-state index contributed by atoms with van der Waals surface area (Å²) in [6, 6.07) is 1.58. The molecule has 0 aromatic carbocycles. The lowest BCUT2D eigenvalue weighted by Crippen LogP contribution is -2.14. The standard InChI is InChI=1S/C7H9ClN2O2S/c1-6-4-9-3-2-7(6)10-13(11,12)5-8/h2-4H,5H2,1H3,(H,9,10). The molecule has 0 radical (unpaired) electrons. The molecule has 4 nitrogen and oxygen atoms in total. The average molecular weight is 221 g/mol. The Bertz CT molecular complexity index is 391. The van der Waals surface area contributed by atoms with Crippen molar-refractivity contribution in [3.8, 4) is 0 Å². The van der Waals surface area contributed by atoms with Gasteiger partial charge in [0.2, 0.25) is 10.0 Å². The number of aromatic nitrogens is 1. The lowest BCUT2D eigenvalue weighted by Gasteiger charge is -2.06. The highest BCUT2D eigenvalue weighted by molar-refractivity contribution is 7.93. The van der Waals surface area contributed by atoms with Crippen LogP contribution in [0.15, 0.2) is 18.5 Å². The number of anilines is 1. The maximum Gasteiger partial charge on any atom is 0.246 e. The molecule has 1 aromatic heterocycles. The topological polar surface area (TPSA) is 59.1 Å². The van der Waals surface area contributed by atoms with Gasteiger partial charge in [-0.3, -0.25) is 9.71 Å². The Balaban J connectivity index is 2.93. The fraction of sp³-hybridized carbons (Fsp3) is 0.286. The third-order valence-electron chi connectivity index (χ3n) is 1.43. The molecule has 1 heterocycles. The molecule has 0 saturated carbocycles. The first-order chi connectivity index (χ1) is 6.05. The van der Waals surface area contributed by atoms with Crippen LogP contribution >= 0.6 is 11.6 Å². The zero-order valence-corrected chi connectivity index (χ0v) is 8.56. The quantitative estimate of drug-likeness (QED) is 0.782. The number of alkyl halides is 1. The molecule has 0 unspecified atom stereocenters. The summed E-state index contributed by atoms with van der Waals surface area (Å²) in [4.78, 5) is 3.83. The third-order valence-corrected chi connectivity index (χ3v) is 3.11. The Labute approximate surface area is 82.0 Å². The van der Waals surface area contributed by atoms with Crippen molar-refractivity contribution in [2.24, 2.45) is 0 Å². The highest BCUT2D eigenvalue weighted by atomic mass is 35.5. The number of aryl methyl sites for hydroxylation is 1. The first kappa shape index (κ1) is 10.3. The molecule has 72 valence electrons. The molecule has 1 N–H and O–H groups in total. The van der Waals surface area contributed by atoms with Crippen LogP contribution in [0.3, 0.4) is 0 Å². The Morgan fingerprint density at radius 3 is 2.85 bits per heavy atom. The largest absolute Gasteiger partial charge is 0.282 e. The second kappa shape index (κ2) is 3.93. The molecule has 0 aliphatic heterocycles. The van der Waals surface area contributed by atoms with E-state index in [4.69, 9.17) is 11.6 Å². The molecule has 0 atom stereocenters. The second-order valence-electron chi connectivity index (χ2n) is 2.52. The molecule has 1 rings (SSSR count). The zero-order valence-electron chi connectivity index (χ0n) is 6.99. The summed E-state index contributed by atoms with van der Waals surface area (Å²) in [6.45, 7) is 1.76. The van der Waals surface area contributed by atoms with E-state index in [0.717, 1.165) is 5.56 Å². The summed E-state index contributed by atoms with van der Waals surface area (Å²) in [6.07, 6.45) is 3.09. The summed E-state index contributed by atoms with van der Waals surface area (Å²) in [7, 11) is -3.41. The molecular formula is C7H9ClN2O2S. The highest BCUT2D eigenvalue weighted by Crippen LogP contribution is 2.13. The second-order valence-corrected chi connectivity index (χ2v) is 4.82. The maximum absolute atomic E-state index is 11.1. The van der Waals surface area contributed by atoms with Crippen LogP contribution in [0, 0.1) is 6.92 Å². The smallest absolute Gasteiger partial charge is 0.246 e. The lowest BCUT2D eigenvalue weighted by atomic mass is 10.3. The van der Waals surface area contributed by atoms with E-state index < -0.39 is 15.2 Å². The van der Waals surface area contributed by atoms with Gasteiger partial charge in [-0.05, 0) is 18.6 Å². The first-order valence-electron chi connectivity index (χ1n) is 3.52. The van der Waals surface area contributed by atoms with E-state index in [2.05, 4.69) is 9.71 Å². The summed E-state index contributed by atoms with van der Waals surface area (Å²) in [5.41, 5.74) is 1.27. The van der Waals surface area contributed by atoms with Crippen molar-refractivity contribution in [2.45, 2.75) is 6.92 Å². The first-order valence-corrected chi connectivity index (χ1v) is 5.71. The van der Waals surface area contributed by atoms with Crippen LogP contribution in [0.4, 0.5) is 5.69 Å². The van der Waals surface area contributed by atoms with Gasteiger partial charge in [-0.15, -0.1) is 11.6 Å². The fourth-order valence-electron chi connectivity index (χ4n) is 0.783. The minimum absolute atomic E-state index is 0.450. The molecule has 1 aromatic rings. The van der Waals surface area contributed by atoms with Crippen molar-refractivity contribution in [3.63, 3.8) is 0 Å². The van der Waals surface area contributed by atoms with Gasteiger partial charge in [0.05, 0.1) is 5.69 Å². The summed E-state index contributed by atoms with van der Waals surface area (Å²) in [5, 5.41) is -0.450. The summed E-state index contributed by atoms with van der Waals surface area (Å²) in [5.74, 6) is 0. The number of halogens is 1. The SMILES string of the molecule is Cc1cnccc1NS(=O)(=O)CCl. The lowest BCUT2D eigenvalue weighted by molar-refractivity contribution is 0.605. The Kier molecular flexibility index (Phi) is 3.11. The molecular weight excluding hydrogens is 212 g/mol. The summed E-state index contributed by atoms with van der Waals surface area (Å²) >= 11 is 5.23. The van der Waals surface area contributed by atoms with Crippen molar-refractivity contribution < 1.29 is 8.42 Å². The number of rotatable bonds is 3.